The molecule has 4 aromatic rings. The lowest BCUT2D eigenvalue weighted by molar-refractivity contribution is 0.415. The van der Waals surface area contributed by atoms with Crippen molar-refractivity contribution in [3.8, 4) is 28.3 Å². The van der Waals surface area contributed by atoms with Crippen molar-refractivity contribution >= 4 is 11.8 Å². The molecule has 0 radical (unpaired) electrons. The zero-order valence-corrected chi connectivity index (χ0v) is 16.5. The van der Waals surface area contributed by atoms with Gasteiger partial charge in [-0.05, 0) is 46.5 Å². The van der Waals surface area contributed by atoms with Gasteiger partial charge >= 0.3 is 0 Å². The first-order valence-corrected chi connectivity index (χ1v) is 10.0. The van der Waals surface area contributed by atoms with E-state index in [0.29, 0.717) is 0 Å². The Balaban J connectivity index is 1.51. The standard InChI is InChI=1S/C23H19N3OS/c1-26-22(15-11-13-16(27-2)14-12-15)24-25-23(26)28-21-19-9-5-3-7-17(19)18-8-4-6-10-20(18)21/h3-14,21H,1-2H3. The van der Waals surface area contributed by atoms with E-state index in [1.807, 2.05) is 31.3 Å². The van der Waals surface area contributed by atoms with E-state index >= 15 is 0 Å². The molecule has 0 bridgehead atoms. The normalized spacial score (nSPS) is 12.6. The molecule has 0 amide bonds. The fourth-order valence-electron chi connectivity index (χ4n) is 3.75. The molecule has 0 saturated heterocycles. The highest BCUT2D eigenvalue weighted by Crippen LogP contribution is 2.51. The summed E-state index contributed by atoms with van der Waals surface area (Å²) in [4.78, 5) is 0. The van der Waals surface area contributed by atoms with E-state index in [9.17, 15) is 0 Å². The fraction of sp³-hybridized carbons (Fsp3) is 0.130. The van der Waals surface area contributed by atoms with Gasteiger partial charge in [0.25, 0.3) is 0 Å². The van der Waals surface area contributed by atoms with Gasteiger partial charge in [0.2, 0.25) is 0 Å². The average Bonchev–Trinajstić information content (AvgIpc) is 3.27. The van der Waals surface area contributed by atoms with Crippen molar-refractivity contribution in [3.63, 3.8) is 0 Å². The Kier molecular flexibility index (Phi) is 4.17. The first kappa shape index (κ1) is 17.1. The fourth-order valence-corrected chi connectivity index (χ4v) is 4.96. The number of methoxy groups -OCH3 is 1. The molecule has 1 aromatic heterocycles. The molecule has 138 valence electrons. The van der Waals surface area contributed by atoms with Gasteiger partial charge < -0.3 is 9.30 Å². The summed E-state index contributed by atoms with van der Waals surface area (Å²) in [7, 11) is 3.69. The lowest BCUT2D eigenvalue weighted by Crippen LogP contribution is -1.98. The monoisotopic (exact) mass is 385 g/mol. The largest absolute Gasteiger partial charge is 0.497 e. The Labute approximate surface area is 168 Å². The molecule has 1 heterocycles. The van der Waals surface area contributed by atoms with Gasteiger partial charge in [-0.25, -0.2) is 0 Å². The second-order valence-corrected chi connectivity index (χ2v) is 7.84. The molecule has 0 N–H and O–H groups in total. The van der Waals surface area contributed by atoms with Crippen LogP contribution < -0.4 is 4.74 Å². The van der Waals surface area contributed by atoms with Crippen molar-refractivity contribution in [3.05, 3.63) is 83.9 Å². The highest BCUT2D eigenvalue weighted by atomic mass is 32.2. The molecule has 0 atom stereocenters. The summed E-state index contributed by atoms with van der Waals surface area (Å²) in [5, 5.41) is 10.1. The zero-order valence-electron chi connectivity index (χ0n) is 15.7. The minimum absolute atomic E-state index is 0.221. The highest BCUT2D eigenvalue weighted by molar-refractivity contribution is 7.99. The molecule has 5 rings (SSSR count). The van der Waals surface area contributed by atoms with Crippen LogP contribution in [0.15, 0.2) is 78.0 Å². The quantitative estimate of drug-likeness (QED) is 0.475. The number of ether oxygens (including phenoxy) is 1. The predicted octanol–water partition coefficient (Wildman–Crippen LogP) is 5.35. The summed E-state index contributed by atoms with van der Waals surface area (Å²) in [5.41, 5.74) is 6.32. The minimum Gasteiger partial charge on any atom is -0.497 e. The number of hydrogen-bond donors (Lipinski definition) is 0. The van der Waals surface area contributed by atoms with Crippen LogP contribution in [0, 0.1) is 0 Å². The summed E-state index contributed by atoms with van der Waals surface area (Å²) < 4.78 is 7.31. The van der Waals surface area contributed by atoms with E-state index < -0.39 is 0 Å². The molecule has 0 aliphatic heterocycles. The molecule has 28 heavy (non-hydrogen) atoms. The van der Waals surface area contributed by atoms with Crippen LogP contribution in [0.5, 0.6) is 5.75 Å². The molecule has 3 aromatic carbocycles. The molecular formula is C23H19N3OS. The summed E-state index contributed by atoms with van der Waals surface area (Å²) in [6, 6.07) is 25.2. The Hall–Kier alpha value is -3.05. The molecule has 0 fully saturated rings. The number of nitrogens with zero attached hydrogens (tertiary/aromatic N) is 3. The van der Waals surface area contributed by atoms with E-state index in [4.69, 9.17) is 4.74 Å². The molecule has 1 aliphatic rings. The SMILES string of the molecule is COc1ccc(-c2nnc(SC3c4ccccc4-c4ccccc43)n2C)cc1. The smallest absolute Gasteiger partial charge is 0.192 e. The van der Waals surface area contributed by atoms with Crippen LogP contribution in [0.25, 0.3) is 22.5 Å². The van der Waals surface area contributed by atoms with Crippen LogP contribution in [0.1, 0.15) is 16.4 Å². The average molecular weight is 385 g/mol. The Bertz CT molecular complexity index is 1110. The molecule has 0 unspecified atom stereocenters. The Morgan fingerprint density at radius 3 is 2.04 bits per heavy atom. The molecular weight excluding hydrogens is 366 g/mol. The molecule has 1 aliphatic carbocycles. The minimum atomic E-state index is 0.221. The molecule has 5 heteroatoms. The van der Waals surface area contributed by atoms with Crippen molar-refractivity contribution in [1.82, 2.24) is 14.8 Å². The van der Waals surface area contributed by atoms with Gasteiger partial charge in [-0.3, -0.25) is 0 Å². The Morgan fingerprint density at radius 2 is 1.43 bits per heavy atom. The second-order valence-electron chi connectivity index (χ2n) is 6.77. The molecule has 0 spiro atoms. The van der Waals surface area contributed by atoms with E-state index in [0.717, 1.165) is 22.3 Å². The van der Waals surface area contributed by atoms with Gasteiger partial charge in [0, 0.05) is 12.6 Å². The van der Waals surface area contributed by atoms with Crippen molar-refractivity contribution in [2.75, 3.05) is 7.11 Å². The van der Waals surface area contributed by atoms with Gasteiger partial charge in [-0.1, -0.05) is 60.3 Å². The van der Waals surface area contributed by atoms with Crippen molar-refractivity contribution < 1.29 is 4.74 Å². The predicted molar refractivity (Wildman–Crippen MR) is 113 cm³/mol. The van der Waals surface area contributed by atoms with Gasteiger partial charge in [-0.2, -0.15) is 0 Å². The van der Waals surface area contributed by atoms with Crippen molar-refractivity contribution in [2.45, 2.75) is 10.4 Å². The maximum absolute atomic E-state index is 5.25. The van der Waals surface area contributed by atoms with E-state index in [2.05, 4.69) is 63.3 Å². The van der Waals surface area contributed by atoms with Crippen LogP contribution in [0.4, 0.5) is 0 Å². The molecule has 4 nitrogen and oxygen atoms in total. The number of rotatable bonds is 4. The van der Waals surface area contributed by atoms with Crippen LogP contribution in [-0.4, -0.2) is 21.9 Å². The Morgan fingerprint density at radius 1 is 0.821 bits per heavy atom. The summed E-state index contributed by atoms with van der Waals surface area (Å²) in [6.07, 6.45) is 0. The maximum atomic E-state index is 5.25. The van der Waals surface area contributed by atoms with Crippen LogP contribution in [0.2, 0.25) is 0 Å². The van der Waals surface area contributed by atoms with Gasteiger partial charge in [0.15, 0.2) is 11.0 Å². The third-order valence-electron chi connectivity index (χ3n) is 5.18. The van der Waals surface area contributed by atoms with Crippen molar-refractivity contribution in [1.29, 1.82) is 0 Å². The summed E-state index contributed by atoms with van der Waals surface area (Å²) in [6.45, 7) is 0. The number of thioether (sulfide) groups is 1. The number of fused-ring (bicyclic) bond motifs is 3. The third kappa shape index (κ3) is 2.70. The highest BCUT2D eigenvalue weighted by Gasteiger charge is 2.30. The van der Waals surface area contributed by atoms with E-state index in [1.165, 1.54) is 22.3 Å². The van der Waals surface area contributed by atoms with Gasteiger partial charge in [-0.15, -0.1) is 10.2 Å². The number of aromatic nitrogens is 3. The van der Waals surface area contributed by atoms with E-state index in [-0.39, 0.29) is 5.25 Å². The first-order chi connectivity index (χ1) is 13.8. The van der Waals surface area contributed by atoms with Gasteiger partial charge in [0.1, 0.15) is 5.75 Å². The van der Waals surface area contributed by atoms with Crippen LogP contribution >= 0.6 is 11.8 Å². The van der Waals surface area contributed by atoms with E-state index in [1.54, 1.807) is 18.9 Å². The summed E-state index contributed by atoms with van der Waals surface area (Å²) >= 11 is 1.75. The lowest BCUT2D eigenvalue weighted by Gasteiger charge is -2.13. The van der Waals surface area contributed by atoms with Crippen molar-refractivity contribution in [2.24, 2.45) is 7.05 Å². The zero-order chi connectivity index (χ0) is 19.1. The van der Waals surface area contributed by atoms with Crippen LogP contribution in [-0.2, 0) is 7.05 Å². The third-order valence-corrected chi connectivity index (χ3v) is 6.49. The maximum Gasteiger partial charge on any atom is 0.192 e. The topological polar surface area (TPSA) is 39.9 Å². The van der Waals surface area contributed by atoms with Gasteiger partial charge in [0.05, 0.1) is 12.4 Å². The number of hydrogen-bond acceptors (Lipinski definition) is 4. The second kappa shape index (κ2) is 6.84. The van der Waals surface area contributed by atoms with Crippen LogP contribution in [0.3, 0.4) is 0 Å². The lowest BCUT2D eigenvalue weighted by atomic mass is 10.1. The number of benzene rings is 3. The first-order valence-electron chi connectivity index (χ1n) is 9.15. The molecule has 0 saturated carbocycles. The summed E-state index contributed by atoms with van der Waals surface area (Å²) in [5.74, 6) is 1.68.